The molecule has 0 spiro atoms. The summed E-state index contributed by atoms with van der Waals surface area (Å²) in [6, 6.07) is 5.24. The second-order valence-electron chi connectivity index (χ2n) is 14.5. The third-order valence-electron chi connectivity index (χ3n) is 9.99. The number of nitrogens with one attached hydrogen (secondary N) is 2. The summed E-state index contributed by atoms with van der Waals surface area (Å²) in [6.45, 7) is 14.0. The van der Waals surface area contributed by atoms with E-state index in [1.165, 1.54) is 16.7 Å². The smallest absolute Gasteiger partial charge is 0.284 e. The average Bonchev–Trinajstić information content (AvgIpc) is 3.60. The lowest BCUT2D eigenvalue weighted by atomic mass is 9.91. The number of nitrogen functional groups attached to an aromatic ring is 1. The lowest BCUT2D eigenvalue weighted by molar-refractivity contribution is -0.143. The van der Waals surface area contributed by atoms with E-state index in [0.29, 0.717) is 35.8 Å². The lowest BCUT2D eigenvalue weighted by Crippen LogP contribution is -2.59. The number of carbonyl (C=O) groups excluding carboxylic acids is 3. The molecule has 4 N–H and O–H groups in total. The predicted molar refractivity (Wildman–Crippen MR) is 208 cm³/mol. The number of carbonyl (C=O) groups is 3. The Balaban J connectivity index is 1.86. The van der Waals surface area contributed by atoms with Gasteiger partial charge in [-0.1, -0.05) is 78.9 Å². The van der Waals surface area contributed by atoms with Crippen LogP contribution in [0.5, 0.6) is 0 Å². The van der Waals surface area contributed by atoms with Gasteiger partial charge in [-0.15, -0.1) is 11.3 Å². The van der Waals surface area contributed by atoms with Crippen LogP contribution in [0.4, 0.5) is 5.69 Å². The molecule has 1 saturated heterocycles. The van der Waals surface area contributed by atoms with Crippen LogP contribution in [0, 0.1) is 11.8 Å². The Morgan fingerprint density at radius 1 is 1.08 bits per heavy atom. The minimum Gasteiger partial charge on any atom is -0.399 e. The van der Waals surface area contributed by atoms with Crippen molar-refractivity contribution in [1.82, 2.24) is 24.8 Å². The van der Waals surface area contributed by atoms with E-state index < -0.39 is 28.1 Å². The number of unbranched alkanes of at least 4 members (excludes halogenated alkanes) is 3. The molecule has 2 aromatic rings. The summed E-state index contributed by atoms with van der Waals surface area (Å²) >= 11 is 1.22. The van der Waals surface area contributed by atoms with Crippen molar-refractivity contribution in [3.8, 4) is 0 Å². The molecular formula is C38H62N6O6S2. The minimum absolute atomic E-state index is 0.0218. The number of likely N-dealkylation sites (tertiary alicyclic amines) is 1. The molecule has 0 aliphatic carbocycles. The Bertz CT molecular complexity index is 1530. The third-order valence-corrected chi connectivity index (χ3v) is 12.1. The highest BCUT2D eigenvalue weighted by Gasteiger charge is 2.38. The van der Waals surface area contributed by atoms with Crippen LogP contribution in [0.2, 0.25) is 0 Å². The fraction of sp³-hybridized carbons (Fsp3) is 0.684. The van der Waals surface area contributed by atoms with E-state index in [9.17, 15) is 22.8 Å². The average molecular weight is 763 g/mol. The van der Waals surface area contributed by atoms with Gasteiger partial charge >= 0.3 is 0 Å². The molecule has 0 bridgehead atoms. The van der Waals surface area contributed by atoms with Crippen LogP contribution < -0.4 is 15.8 Å². The topological polar surface area (TPSA) is 164 Å². The zero-order chi connectivity index (χ0) is 38.4. The number of piperidine rings is 1. The van der Waals surface area contributed by atoms with Crippen molar-refractivity contribution in [3.05, 3.63) is 45.9 Å². The lowest BCUT2D eigenvalue weighted by Gasteiger charge is -2.40. The molecule has 0 unspecified atom stereocenters. The SMILES string of the molecule is CCCCCCN(C(=O)[C@@H](NC(=O)[C@H]1CCCCN1C)[C@@H](C)CC)[C@H](C[C@@H](OCC)c1nc(C(=O)NS(=O)(=O)Cc2ccc(N)cc2)cs1)C(C)C. The van der Waals surface area contributed by atoms with Crippen LogP contribution in [0.1, 0.15) is 126 Å². The molecule has 5 atom stereocenters. The molecule has 1 aliphatic rings. The van der Waals surface area contributed by atoms with Gasteiger partial charge in [0, 0.05) is 36.7 Å². The molecular weight excluding hydrogens is 701 g/mol. The van der Waals surface area contributed by atoms with Gasteiger partial charge < -0.3 is 20.7 Å². The Kier molecular flexibility index (Phi) is 17.5. The van der Waals surface area contributed by atoms with Gasteiger partial charge in [0.1, 0.15) is 22.8 Å². The number of hydrogen-bond donors (Lipinski definition) is 3. The van der Waals surface area contributed by atoms with Crippen LogP contribution in [0.15, 0.2) is 29.6 Å². The van der Waals surface area contributed by atoms with E-state index in [2.05, 4.69) is 40.7 Å². The molecule has 14 heteroatoms. The fourth-order valence-corrected chi connectivity index (χ4v) is 8.64. The third kappa shape index (κ3) is 12.8. The first kappa shape index (κ1) is 43.3. The Hall–Kier alpha value is -3.07. The van der Waals surface area contributed by atoms with Crippen LogP contribution in [-0.4, -0.2) is 85.8 Å². The van der Waals surface area contributed by atoms with Crippen molar-refractivity contribution < 1.29 is 27.5 Å². The summed E-state index contributed by atoms with van der Waals surface area (Å²) < 4.78 is 34.0. The second-order valence-corrected chi connectivity index (χ2v) is 17.1. The second kappa shape index (κ2) is 21.0. The molecule has 3 rings (SSSR count). The first-order valence-corrected chi connectivity index (χ1v) is 21.5. The van der Waals surface area contributed by atoms with Gasteiger partial charge in [-0.25, -0.2) is 18.1 Å². The number of benzene rings is 1. The zero-order valence-electron chi connectivity index (χ0n) is 32.2. The van der Waals surface area contributed by atoms with Gasteiger partial charge in [-0.3, -0.25) is 19.3 Å². The first-order valence-electron chi connectivity index (χ1n) is 19.0. The quantitative estimate of drug-likeness (QED) is 0.104. The Morgan fingerprint density at radius 2 is 1.79 bits per heavy atom. The number of ether oxygens (including phenoxy) is 1. The summed E-state index contributed by atoms with van der Waals surface area (Å²) in [4.78, 5) is 50.0. The van der Waals surface area contributed by atoms with Gasteiger partial charge in [0.25, 0.3) is 5.91 Å². The van der Waals surface area contributed by atoms with Crippen LogP contribution in [0.25, 0.3) is 0 Å². The Labute approximate surface area is 315 Å². The largest absolute Gasteiger partial charge is 0.399 e. The maximum atomic E-state index is 14.7. The number of nitrogens with two attached hydrogens (primary N) is 1. The number of aromatic nitrogens is 1. The standard InChI is InChI=1S/C38H62N6O6S2/c1-8-11-12-14-22-44(38(47)34(27(6)9-2)41-36(46)31-16-13-15-21-43(31)7)32(26(4)5)23-33(50-10-3)37-40-30(24-51-37)35(45)42-52(48,49)25-28-17-19-29(39)20-18-28/h17-20,24,26-27,31-34H,8-16,21-23,25,39H2,1-7H3,(H,41,46)(H,42,45)/t27-,31+,32+,33+,34-/m0/s1. The molecule has 52 heavy (non-hydrogen) atoms. The van der Waals surface area contributed by atoms with E-state index in [1.54, 1.807) is 24.3 Å². The van der Waals surface area contributed by atoms with E-state index in [-0.39, 0.29) is 47.2 Å². The Morgan fingerprint density at radius 3 is 2.40 bits per heavy atom. The number of anilines is 1. The molecule has 1 aromatic carbocycles. The summed E-state index contributed by atoms with van der Waals surface area (Å²) in [7, 11) is -2.03. The van der Waals surface area contributed by atoms with Gasteiger partial charge in [-0.05, 0) is 69.3 Å². The predicted octanol–water partition coefficient (Wildman–Crippen LogP) is 5.90. The first-order chi connectivity index (χ1) is 24.7. The number of thiazole rings is 1. The number of rotatable bonds is 21. The van der Waals surface area contributed by atoms with Crippen molar-refractivity contribution in [2.24, 2.45) is 11.8 Å². The van der Waals surface area contributed by atoms with E-state index in [1.807, 2.05) is 32.7 Å². The van der Waals surface area contributed by atoms with Gasteiger partial charge in [0.2, 0.25) is 21.8 Å². The van der Waals surface area contributed by atoms with Gasteiger partial charge in [-0.2, -0.15) is 0 Å². The molecule has 0 radical (unpaired) electrons. The van der Waals surface area contributed by atoms with E-state index >= 15 is 0 Å². The van der Waals surface area contributed by atoms with Gasteiger partial charge in [0.05, 0.1) is 11.8 Å². The maximum Gasteiger partial charge on any atom is 0.284 e. The summed E-state index contributed by atoms with van der Waals surface area (Å²) in [5.41, 5.74) is 6.70. The molecule has 3 amide bonds. The molecule has 292 valence electrons. The normalized spacial score (nSPS) is 17.7. The molecule has 1 fully saturated rings. The molecule has 2 heterocycles. The van der Waals surface area contributed by atoms with Crippen molar-refractivity contribution >= 4 is 44.8 Å². The van der Waals surface area contributed by atoms with Crippen LogP contribution in [-0.2, 0) is 30.1 Å². The highest BCUT2D eigenvalue weighted by Crippen LogP contribution is 2.32. The monoisotopic (exact) mass is 762 g/mol. The summed E-state index contributed by atoms with van der Waals surface area (Å²) in [5, 5.41) is 5.25. The number of nitrogens with zero attached hydrogens (tertiary/aromatic N) is 3. The molecule has 1 aliphatic heterocycles. The van der Waals surface area contributed by atoms with Crippen molar-refractivity contribution in [2.75, 3.05) is 32.5 Å². The number of sulfonamides is 1. The van der Waals surface area contributed by atoms with Crippen molar-refractivity contribution in [2.45, 2.75) is 129 Å². The number of likely N-dealkylation sites (N-methyl/N-ethyl adjacent to an activating group) is 1. The van der Waals surface area contributed by atoms with Crippen LogP contribution >= 0.6 is 11.3 Å². The maximum absolute atomic E-state index is 14.7. The van der Waals surface area contributed by atoms with E-state index in [4.69, 9.17) is 10.5 Å². The highest BCUT2D eigenvalue weighted by atomic mass is 32.2. The van der Waals surface area contributed by atoms with E-state index in [0.717, 1.165) is 57.9 Å². The fourth-order valence-electron chi connectivity index (χ4n) is 6.69. The number of hydrogen-bond acceptors (Lipinski definition) is 10. The molecule has 12 nitrogen and oxygen atoms in total. The summed E-state index contributed by atoms with van der Waals surface area (Å²) in [5.74, 6) is -1.42. The minimum atomic E-state index is -4.00. The molecule has 0 saturated carbocycles. The number of amides is 3. The van der Waals surface area contributed by atoms with Crippen molar-refractivity contribution in [1.29, 1.82) is 0 Å². The van der Waals surface area contributed by atoms with Crippen LogP contribution in [0.3, 0.4) is 0 Å². The van der Waals surface area contributed by atoms with Gasteiger partial charge in [0.15, 0.2) is 0 Å². The summed E-state index contributed by atoms with van der Waals surface area (Å²) in [6.07, 6.45) is 7.38. The zero-order valence-corrected chi connectivity index (χ0v) is 33.9. The van der Waals surface area contributed by atoms with Crippen molar-refractivity contribution in [3.63, 3.8) is 0 Å². The highest BCUT2D eigenvalue weighted by molar-refractivity contribution is 7.89. The molecule has 1 aromatic heterocycles.